The van der Waals surface area contributed by atoms with Gasteiger partial charge in [-0.15, -0.1) is 0 Å². The van der Waals surface area contributed by atoms with Gasteiger partial charge in [0.25, 0.3) is 0 Å². The number of rotatable bonds is 1. The van der Waals surface area contributed by atoms with E-state index in [4.69, 9.17) is 0 Å². The van der Waals surface area contributed by atoms with Crippen LogP contribution in [0.25, 0.3) is 0 Å². The van der Waals surface area contributed by atoms with Crippen LogP contribution in [0.2, 0.25) is 0 Å². The van der Waals surface area contributed by atoms with Gasteiger partial charge in [0.1, 0.15) is 5.75 Å². The molecule has 0 aliphatic heterocycles. The number of halogens is 1. The van der Waals surface area contributed by atoms with Gasteiger partial charge in [0.15, 0.2) is 0 Å². The second-order valence-electron chi connectivity index (χ2n) is 8.27. The van der Waals surface area contributed by atoms with Crippen molar-refractivity contribution >= 4 is 22.6 Å². The van der Waals surface area contributed by atoms with E-state index >= 15 is 0 Å². The number of phenolic OH excluding ortho intramolecular Hbond substituents is 1. The van der Waals surface area contributed by atoms with Crippen LogP contribution in [-0.4, -0.2) is 15.8 Å². The summed E-state index contributed by atoms with van der Waals surface area (Å²) in [5, 5.41) is 21.1. The number of aromatic hydroxyl groups is 1. The smallest absolute Gasteiger partial charge is 0.115 e. The predicted molar refractivity (Wildman–Crippen MR) is 104 cm³/mol. The van der Waals surface area contributed by atoms with E-state index in [0.717, 1.165) is 32.1 Å². The van der Waals surface area contributed by atoms with Crippen molar-refractivity contribution in [2.45, 2.75) is 63.4 Å². The van der Waals surface area contributed by atoms with Gasteiger partial charge in [-0.3, -0.25) is 0 Å². The molecule has 3 aliphatic carbocycles. The maximum atomic E-state index is 11.4. The van der Waals surface area contributed by atoms with Crippen LogP contribution in [0, 0.1) is 27.1 Å². The fourth-order valence-electron chi connectivity index (χ4n) is 6.15. The lowest BCUT2D eigenvalue weighted by Crippen LogP contribution is -2.50. The van der Waals surface area contributed by atoms with E-state index < -0.39 is 5.60 Å². The Morgan fingerprint density at radius 2 is 2.08 bits per heavy atom. The summed E-state index contributed by atoms with van der Waals surface area (Å²) in [6.07, 6.45) is 7.12. The topological polar surface area (TPSA) is 40.5 Å². The van der Waals surface area contributed by atoms with Gasteiger partial charge in [0.2, 0.25) is 0 Å². The quantitative estimate of drug-likeness (QED) is 0.492. The summed E-state index contributed by atoms with van der Waals surface area (Å²) < 4.78 is 2.94. The number of hydrogen-bond donors (Lipinski definition) is 2. The molecule has 2 N–H and O–H groups in total. The van der Waals surface area contributed by atoms with E-state index in [2.05, 4.69) is 45.4 Å². The Morgan fingerprint density at radius 1 is 1.25 bits per heavy atom. The molecule has 5 atom stereocenters. The van der Waals surface area contributed by atoms with E-state index in [1.807, 2.05) is 12.1 Å². The first-order valence-electron chi connectivity index (χ1n) is 9.11. The summed E-state index contributed by atoms with van der Waals surface area (Å²) in [7, 11) is 0. The molecule has 3 aliphatic rings. The Hall–Kier alpha value is -0.730. The summed E-state index contributed by atoms with van der Waals surface area (Å²) >= 11 is 2.07. The number of hydrogen-bond acceptors (Lipinski definition) is 2. The molecular formula is C21H25IO2. The molecule has 0 radical (unpaired) electrons. The predicted octanol–water partition coefficient (Wildman–Crippen LogP) is 4.77. The average molecular weight is 436 g/mol. The van der Waals surface area contributed by atoms with Crippen molar-refractivity contribution < 1.29 is 10.2 Å². The molecule has 24 heavy (non-hydrogen) atoms. The maximum Gasteiger partial charge on any atom is 0.115 e. The maximum absolute atomic E-state index is 11.4. The van der Waals surface area contributed by atoms with Crippen LogP contribution in [0.4, 0.5) is 0 Å². The van der Waals surface area contributed by atoms with Crippen molar-refractivity contribution in [2.24, 2.45) is 17.3 Å². The largest absolute Gasteiger partial charge is 0.508 e. The SMILES string of the molecule is C[C@]12CC[C@@H]3c4ccc(O)cc4CC[C@H]3[C@@H]1CC[C@@]2(O)CC#CI. The number of aliphatic hydroxyl groups is 1. The van der Waals surface area contributed by atoms with Crippen molar-refractivity contribution in [1.29, 1.82) is 0 Å². The minimum Gasteiger partial charge on any atom is -0.508 e. The molecule has 128 valence electrons. The lowest BCUT2D eigenvalue weighted by molar-refractivity contribution is -0.0990. The van der Waals surface area contributed by atoms with Crippen molar-refractivity contribution in [1.82, 2.24) is 0 Å². The molecule has 0 unspecified atom stereocenters. The molecule has 1 aromatic carbocycles. The molecule has 0 heterocycles. The highest BCUT2D eigenvalue weighted by molar-refractivity contribution is 14.1. The zero-order chi connectivity index (χ0) is 16.9. The van der Waals surface area contributed by atoms with Crippen molar-refractivity contribution in [3.8, 4) is 15.6 Å². The lowest BCUT2D eigenvalue weighted by Gasteiger charge is -2.53. The minimum absolute atomic E-state index is 0.00305. The molecule has 0 spiro atoms. The Labute approximate surface area is 158 Å². The minimum atomic E-state index is -0.615. The molecule has 0 saturated heterocycles. The Kier molecular flexibility index (Phi) is 4.12. The van der Waals surface area contributed by atoms with Crippen LogP contribution in [-0.2, 0) is 6.42 Å². The molecule has 1 aromatic rings. The third-order valence-electron chi connectivity index (χ3n) is 7.48. The summed E-state index contributed by atoms with van der Waals surface area (Å²) in [6.45, 7) is 2.32. The Bertz CT molecular complexity index is 718. The summed E-state index contributed by atoms with van der Waals surface area (Å²) in [5.41, 5.74) is 2.18. The first kappa shape index (κ1) is 16.7. The van der Waals surface area contributed by atoms with Gasteiger partial charge in [0.05, 0.1) is 5.60 Å². The van der Waals surface area contributed by atoms with Gasteiger partial charge in [-0.05, 0) is 83.5 Å². The summed E-state index contributed by atoms with van der Waals surface area (Å²) in [6, 6.07) is 5.95. The summed E-state index contributed by atoms with van der Waals surface area (Å²) in [4.78, 5) is 0. The van der Waals surface area contributed by atoms with Crippen LogP contribution >= 0.6 is 22.6 Å². The molecular weight excluding hydrogens is 411 g/mol. The van der Waals surface area contributed by atoms with Gasteiger partial charge in [0, 0.05) is 34.4 Å². The third kappa shape index (κ3) is 2.33. The number of benzene rings is 1. The van der Waals surface area contributed by atoms with Crippen molar-refractivity contribution in [3.05, 3.63) is 29.3 Å². The third-order valence-corrected chi connectivity index (χ3v) is 7.86. The number of fused-ring (bicyclic) bond motifs is 5. The van der Waals surface area contributed by atoms with Crippen LogP contribution in [0.1, 0.15) is 62.5 Å². The highest BCUT2D eigenvalue weighted by Crippen LogP contribution is 2.65. The standard InChI is InChI=1S/C21H25IO2/c1-20-10-7-17-16-6-4-15(23)13-14(16)3-5-18(17)19(20)8-11-21(20,24)9-2-12-22/h4,6,13,17-19,23-24H,3,5,7-11H2,1H3/t17-,18-,19+,20+,21+/m1/s1. The lowest BCUT2D eigenvalue weighted by atomic mass is 9.53. The van der Waals surface area contributed by atoms with Crippen molar-refractivity contribution in [3.63, 3.8) is 0 Å². The molecule has 3 heteroatoms. The van der Waals surface area contributed by atoms with Crippen LogP contribution in [0.15, 0.2) is 18.2 Å². The molecule has 0 aromatic heterocycles. The molecule has 2 nitrogen and oxygen atoms in total. The van der Waals surface area contributed by atoms with Crippen LogP contribution in [0.5, 0.6) is 5.75 Å². The number of phenols is 1. The van der Waals surface area contributed by atoms with Gasteiger partial charge >= 0.3 is 0 Å². The highest BCUT2D eigenvalue weighted by atomic mass is 127. The van der Waals surface area contributed by atoms with E-state index in [0.29, 0.717) is 29.9 Å². The second-order valence-corrected chi connectivity index (χ2v) is 8.81. The fourth-order valence-corrected chi connectivity index (χ4v) is 6.34. The van der Waals surface area contributed by atoms with E-state index in [1.54, 1.807) is 0 Å². The molecule has 0 bridgehead atoms. The average Bonchev–Trinajstić information content (AvgIpc) is 2.84. The Morgan fingerprint density at radius 3 is 2.88 bits per heavy atom. The summed E-state index contributed by atoms with van der Waals surface area (Å²) in [5.74, 6) is 5.40. The first-order valence-corrected chi connectivity index (χ1v) is 10.2. The van der Waals surface area contributed by atoms with Crippen LogP contribution < -0.4 is 0 Å². The zero-order valence-corrected chi connectivity index (χ0v) is 16.3. The Balaban J connectivity index is 1.66. The van der Waals surface area contributed by atoms with Gasteiger partial charge in [-0.25, -0.2) is 0 Å². The molecule has 2 fully saturated rings. The normalized spacial score (nSPS) is 40.0. The van der Waals surface area contributed by atoms with Gasteiger partial charge < -0.3 is 10.2 Å². The van der Waals surface area contributed by atoms with E-state index in [9.17, 15) is 10.2 Å². The van der Waals surface area contributed by atoms with Crippen molar-refractivity contribution in [2.75, 3.05) is 0 Å². The molecule has 2 saturated carbocycles. The number of aryl methyl sites for hydroxylation is 1. The van der Waals surface area contributed by atoms with Gasteiger partial charge in [-0.2, -0.15) is 0 Å². The zero-order valence-electron chi connectivity index (χ0n) is 14.2. The fraction of sp³-hybridized carbons (Fsp3) is 0.619. The molecule has 0 amide bonds. The monoisotopic (exact) mass is 436 g/mol. The second kappa shape index (κ2) is 5.92. The van der Waals surface area contributed by atoms with E-state index in [-0.39, 0.29) is 5.41 Å². The molecule has 4 rings (SSSR count). The first-order chi connectivity index (χ1) is 11.5. The highest BCUT2D eigenvalue weighted by Gasteiger charge is 2.61. The van der Waals surface area contributed by atoms with Gasteiger partial charge in [-0.1, -0.05) is 18.9 Å². The van der Waals surface area contributed by atoms with E-state index in [1.165, 1.54) is 17.5 Å². The van der Waals surface area contributed by atoms with Crippen LogP contribution in [0.3, 0.4) is 0 Å².